The van der Waals surface area contributed by atoms with Gasteiger partial charge < -0.3 is 15.5 Å². The van der Waals surface area contributed by atoms with Crippen molar-refractivity contribution in [1.82, 2.24) is 0 Å². The van der Waals surface area contributed by atoms with E-state index < -0.39 is 6.92 Å². The second-order valence-corrected chi connectivity index (χ2v) is 2.97. The molecule has 0 aliphatic carbocycles. The van der Waals surface area contributed by atoms with Gasteiger partial charge >= 0.3 is 6.92 Å². The largest absolute Gasteiger partial charge is 0.445 e. The molecule has 0 heterocycles. The molecule has 1 rings (SSSR count). The lowest BCUT2D eigenvalue weighted by atomic mass is 9.55. The van der Waals surface area contributed by atoms with Crippen LogP contribution < -0.4 is 11.2 Å². The highest BCUT2D eigenvalue weighted by atomic mass is 16.5. The van der Waals surface area contributed by atoms with Gasteiger partial charge in [0.05, 0.1) is 6.61 Å². The summed E-state index contributed by atoms with van der Waals surface area (Å²) in [5.41, 5.74) is 6.51. The standard InChI is InChI=1S/C9H14BNO2/c1-13-7-9(11)10(12)8-5-3-2-4-6-8/h2-6,9,12H,7,11H2,1H3. The van der Waals surface area contributed by atoms with E-state index in [4.69, 9.17) is 10.5 Å². The van der Waals surface area contributed by atoms with Crippen molar-refractivity contribution in [3.8, 4) is 0 Å². The van der Waals surface area contributed by atoms with Gasteiger partial charge in [-0.2, -0.15) is 0 Å². The number of ether oxygens (including phenoxy) is 1. The van der Waals surface area contributed by atoms with Crippen molar-refractivity contribution in [2.24, 2.45) is 5.73 Å². The van der Waals surface area contributed by atoms with Crippen molar-refractivity contribution in [3.63, 3.8) is 0 Å². The van der Waals surface area contributed by atoms with Crippen LogP contribution in [0.5, 0.6) is 0 Å². The van der Waals surface area contributed by atoms with E-state index in [1.54, 1.807) is 7.11 Å². The minimum absolute atomic E-state index is 0.357. The molecule has 1 unspecified atom stereocenters. The Morgan fingerprint density at radius 1 is 1.46 bits per heavy atom. The van der Waals surface area contributed by atoms with E-state index in [-0.39, 0.29) is 5.94 Å². The molecule has 0 spiro atoms. The van der Waals surface area contributed by atoms with Crippen molar-refractivity contribution in [1.29, 1.82) is 0 Å². The number of nitrogens with two attached hydrogens (primary N) is 1. The van der Waals surface area contributed by atoms with Crippen LogP contribution in [-0.4, -0.2) is 31.6 Å². The zero-order valence-electron chi connectivity index (χ0n) is 7.68. The molecule has 0 amide bonds. The van der Waals surface area contributed by atoms with Crippen LogP contribution in [0, 0.1) is 0 Å². The van der Waals surface area contributed by atoms with E-state index in [0.717, 1.165) is 5.46 Å². The molecule has 0 aromatic heterocycles. The molecule has 1 atom stereocenters. The summed E-state index contributed by atoms with van der Waals surface area (Å²) >= 11 is 0. The molecule has 4 heteroatoms. The fourth-order valence-electron chi connectivity index (χ4n) is 1.18. The number of hydrogen-bond donors (Lipinski definition) is 2. The van der Waals surface area contributed by atoms with E-state index in [0.29, 0.717) is 6.61 Å². The molecule has 0 fully saturated rings. The van der Waals surface area contributed by atoms with Gasteiger partial charge in [-0.05, 0) is 5.46 Å². The van der Waals surface area contributed by atoms with Gasteiger partial charge in [0.2, 0.25) is 0 Å². The maximum atomic E-state index is 9.72. The quantitative estimate of drug-likeness (QED) is 0.606. The van der Waals surface area contributed by atoms with Gasteiger partial charge in [0.1, 0.15) is 0 Å². The molecule has 0 bridgehead atoms. The summed E-state index contributed by atoms with van der Waals surface area (Å²) in [6.45, 7) is -0.295. The first-order valence-corrected chi connectivity index (χ1v) is 4.23. The summed E-state index contributed by atoms with van der Waals surface area (Å²) in [4.78, 5) is 0. The normalized spacial score (nSPS) is 12.5. The van der Waals surface area contributed by atoms with Crippen LogP contribution in [0.15, 0.2) is 30.3 Å². The van der Waals surface area contributed by atoms with E-state index in [1.165, 1.54) is 0 Å². The van der Waals surface area contributed by atoms with Gasteiger partial charge in [-0.1, -0.05) is 30.3 Å². The zero-order valence-corrected chi connectivity index (χ0v) is 7.68. The SMILES string of the molecule is COCC(N)B(O)c1ccccc1. The number of hydrogen-bond acceptors (Lipinski definition) is 3. The topological polar surface area (TPSA) is 55.5 Å². The summed E-state index contributed by atoms with van der Waals surface area (Å²) in [6.07, 6.45) is 0. The summed E-state index contributed by atoms with van der Waals surface area (Å²) in [6, 6.07) is 9.34. The van der Waals surface area contributed by atoms with Crippen LogP contribution >= 0.6 is 0 Å². The van der Waals surface area contributed by atoms with Crippen LogP contribution in [0.2, 0.25) is 0 Å². The van der Waals surface area contributed by atoms with E-state index in [1.807, 2.05) is 30.3 Å². The number of methoxy groups -OCH3 is 1. The lowest BCUT2D eigenvalue weighted by Gasteiger charge is -2.13. The van der Waals surface area contributed by atoms with Gasteiger partial charge in [0.25, 0.3) is 0 Å². The third-order valence-corrected chi connectivity index (χ3v) is 1.91. The minimum atomic E-state index is -0.652. The van der Waals surface area contributed by atoms with Crippen LogP contribution in [0.3, 0.4) is 0 Å². The maximum Gasteiger partial charge on any atom is 0.343 e. The molecular formula is C9H14BNO2. The molecule has 0 aliphatic heterocycles. The Hall–Kier alpha value is -0.835. The molecule has 0 saturated heterocycles. The van der Waals surface area contributed by atoms with Gasteiger partial charge in [-0.25, -0.2) is 0 Å². The van der Waals surface area contributed by atoms with Crippen LogP contribution in [0.1, 0.15) is 0 Å². The highest BCUT2D eigenvalue weighted by molar-refractivity contribution is 6.67. The molecule has 13 heavy (non-hydrogen) atoms. The van der Waals surface area contributed by atoms with E-state index in [2.05, 4.69) is 0 Å². The molecule has 3 nitrogen and oxygen atoms in total. The molecule has 1 aromatic carbocycles. The van der Waals surface area contributed by atoms with Gasteiger partial charge in [0, 0.05) is 13.1 Å². The van der Waals surface area contributed by atoms with Gasteiger partial charge in [-0.3, -0.25) is 0 Å². The van der Waals surface area contributed by atoms with Crippen molar-refractivity contribution in [2.45, 2.75) is 5.94 Å². The highest BCUT2D eigenvalue weighted by Gasteiger charge is 2.22. The Morgan fingerprint density at radius 3 is 2.62 bits per heavy atom. The molecule has 0 radical (unpaired) electrons. The van der Waals surface area contributed by atoms with E-state index >= 15 is 0 Å². The van der Waals surface area contributed by atoms with Crippen molar-refractivity contribution < 1.29 is 9.76 Å². The molecule has 70 valence electrons. The van der Waals surface area contributed by atoms with Crippen molar-refractivity contribution in [3.05, 3.63) is 30.3 Å². The van der Waals surface area contributed by atoms with Crippen molar-refractivity contribution in [2.75, 3.05) is 13.7 Å². The molecule has 0 aliphatic rings. The number of benzene rings is 1. The molecule has 3 N–H and O–H groups in total. The number of rotatable bonds is 4. The Labute approximate surface area is 78.6 Å². The lowest BCUT2D eigenvalue weighted by Crippen LogP contribution is -2.50. The average molecular weight is 179 g/mol. The first-order valence-electron chi connectivity index (χ1n) is 4.23. The zero-order chi connectivity index (χ0) is 9.68. The summed E-state index contributed by atoms with van der Waals surface area (Å²) in [5.74, 6) is -0.368. The fourth-order valence-corrected chi connectivity index (χ4v) is 1.18. The molecule has 0 saturated carbocycles. The predicted octanol–water partition coefficient (Wildman–Crippen LogP) is -0.610. The van der Waals surface area contributed by atoms with Gasteiger partial charge in [0.15, 0.2) is 0 Å². The Balaban J connectivity index is 2.62. The highest BCUT2D eigenvalue weighted by Crippen LogP contribution is 1.90. The average Bonchev–Trinajstić information content (AvgIpc) is 2.18. The first-order chi connectivity index (χ1) is 6.25. The summed E-state index contributed by atoms with van der Waals surface area (Å²) < 4.78 is 4.86. The van der Waals surface area contributed by atoms with Crippen molar-refractivity contribution >= 4 is 12.4 Å². The van der Waals surface area contributed by atoms with Crippen LogP contribution in [0.25, 0.3) is 0 Å². The smallest absolute Gasteiger partial charge is 0.343 e. The second-order valence-electron chi connectivity index (χ2n) is 2.97. The summed E-state index contributed by atoms with van der Waals surface area (Å²) in [5, 5.41) is 9.72. The first kappa shape index (κ1) is 10.2. The molecule has 1 aromatic rings. The fraction of sp³-hybridized carbons (Fsp3) is 0.333. The summed E-state index contributed by atoms with van der Waals surface area (Å²) in [7, 11) is 1.57. The van der Waals surface area contributed by atoms with Crippen LogP contribution in [-0.2, 0) is 4.74 Å². The van der Waals surface area contributed by atoms with Gasteiger partial charge in [-0.15, -0.1) is 0 Å². The minimum Gasteiger partial charge on any atom is -0.445 e. The predicted molar refractivity (Wildman–Crippen MR) is 53.9 cm³/mol. The van der Waals surface area contributed by atoms with E-state index in [9.17, 15) is 5.02 Å². The second kappa shape index (κ2) is 5.02. The Kier molecular flexibility index (Phi) is 3.95. The third kappa shape index (κ3) is 2.84. The molecular weight excluding hydrogens is 165 g/mol. The van der Waals surface area contributed by atoms with Crippen LogP contribution in [0.4, 0.5) is 0 Å². The third-order valence-electron chi connectivity index (χ3n) is 1.91. The maximum absolute atomic E-state index is 9.72. The Morgan fingerprint density at radius 2 is 2.08 bits per heavy atom. The lowest BCUT2D eigenvalue weighted by molar-refractivity contribution is 0.194. The Bertz CT molecular complexity index is 243. The monoisotopic (exact) mass is 179 g/mol.